The third-order valence-electron chi connectivity index (χ3n) is 7.72. The fourth-order valence-electron chi connectivity index (χ4n) is 5.80. The maximum Gasteiger partial charge on any atom is 0.267 e. The summed E-state index contributed by atoms with van der Waals surface area (Å²) in [4.78, 5) is 0. The third kappa shape index (κ3) is 5.38. The van der Waals surface area contributed by atoms with E-state index in [1.54, 1.807) is 0 Å². The molecule has 4 heteroatoms. The van der Waals surface area contributed by atoms with Crippen LogP contribution < -0.4 is 9.58 Å². The average Bonchev–Trinajstić information content (AvgIpc) is 3.52. The van der Waals surface area contributed by atoms with Gasteiger partial charge in [-0.1, -0.05) is 93.8 Å². The fraction of sp³-hybridized carbons (Fsp3) is 0.500. The standard InChI is InChI=1S/C30H40N3S/c1-24(2)30(34-27-16-10-5-11-17-27)22-31-20-21-32(23-31)33-28(25-12-6-3-7-13-25)18-19-29(33)26-14-8-4-9-15-26/h3-4,6-9,12-15,20-21,23-24,27-30H,5,10-11,16-19,22H2,1-2H3/q+1/t28-,29-,30-/m0/s1. The lowest BCUT2D eigenvalue weighted by Gasteiger charge is -2.29. The van der Waals surface area contributed by atoms with Crippen LogP contribution in [0.2, 0.25) is 0 Å². The van der Waals surface area contributed by atoms with E-state index in [1.165, 1.54) is 56.1 Å². The highest BCUT2D eigenvalue weighted by Crippen LogP contribution is 2.42. The van der Waals surface area contributed by atoms with Gasteiger partial charge < -0.3 is 0 Å². The van der Waals surface area contributed by atoms with Gasteiger partial charge in [-0.25, -0.2) is 9.58 Å². The first-order valence-corrected chi connectivity index (χ1v) is 14.2. The van der Waals surface area contributed by atoms with Gasteiger partial charge in [-0.15, -0.1) is 4.68 Å². The molecule has 180 valence electrons. The van der Waals surface area contributed by atoms with Gasteiger partial charge in [-0.3, -0.25) is 0 Å². The van der Waals surface area contributed by atoms with E-state index in [-0.39, 0.29) is 0 Å². The Morgan fingerprint density at radius 3 is 1.97 bits per heavy atom. The number of nitrogens with zero attached hydrogens (tertiary/aromatic N) is 3. The molecule has 1 aliphatic carbocycles. The Labute approximate surface area is 210 Å². The Hall–Kier alpha value is -2.20. The lowest BCUT2D eigenvalue weighted by atomic mass is 10.0. The smallest absolute Gasteiger partial charge is 0.234 e. The van der Waals surface area contributed by atoms with Gasteiger partial charge in [0.1, 0.15) is 12.7 Å². The number of rotatable bonds is 8. The first-order valence-electron chi connectivity index (χ1n) is 13.3. The van der Waals surface area contributed by atoms with Crippen LogP contribution in [0.25, 0.3) is 0 Å². The molecule has 5 rings (SSSR count). The van der Waals surface area contributed by atoms with Crippen LogP contribution in [0.5, 0.6) is 0 Å². The van der Waals surface area contributed by atoms with E-state index < -0.39 is 0 Å². The molecule has 0 spiro atoms. The van der Waals surface area contributed by atoms with E-state index in [0.717, 1.165) is 11.8 Å². The zero-order chi connectivity index (χ0) is 23.3. The Morgan fingerprint density at radius 1 is 0.824 bits per heavy atom. The zero-order valence-corrected chi connectivity index (χ0v) is 21.6. The second-order valence-corrected chi connectivity index (χ2v) is 12.0. The number of benzene rings is 2. The van der Waals surface area contributed by atoms with Crippen molar-refractivity contribution in [2.24, 2.45) is 5.92 Å². The molecule has 1 aliphatic heterocycles. The van der Waals surface area contributed by atoms with E-state index in [4.69, 9.17) is 0 Å². The van der Waals surface area contributed by atoms with Crippen molar-refractivity contribution in [3.8, 4) is 0 Å². The molecule has 1 aromatic heterocycles. The summed E-state index contributed by atoms with van der Waals surface area (Å²) in [6.45, 7) is 5.89. The van der Waals surface area contributed by atoms with Gasteiger partial charge in [-0.2, -0.15) is 11.8 Å². The van der Waals surface area contributed by atoms with Crippen molar-refractivity contribution in [3.05, 3.63) is 90.5 Å². The summed E-state index contributed by atoms with van der Waals surface area (Å²) < 4.78 is 4.81. The van der Waals surface area contributed by atoms with Crippen molar-refractivity contribution >= 4 is 11.8 Å². The molecule has 34 heavy (non-hydrogen) atoms. The van der Waals surface area contributed by atoms with Crippen molar-refractivity contribution in [1.82, 2.24) is 4.68 Å². The maximum atomic E-state index is 2.61. The number of hydrogen-bond donors (Lipinski definition) is 0. The van der Waals surface area contributed by atoms with Gasteiger partial charge in [0.2, 0.25) is 0 Å². The van der Waals surface area contributed by atoms with Gasteiger partial charge in [0.25, 0.3) is 6.33 Å². The molecule has 2 heterocycles. The number of hydrogen-bond acceptors (Lipinski definition) is 2. The molecule has 1 saturated heterocycles. The van der Waals surface area contributed by atoms with Crippen molar-refractivity contribution in [2.75, 3.05) is 5.01 Å². The average molecular weight is 475 g/mol. The highest BCUT2D eigenvalue weighted by molar-refractivity contribution is 8.00. The number of imidazole rings is 1. The normalized spacial score (nSPS) is 22.4. The van der Waals surface area contributed by atoms with Crippen LogP contribution in [0.3, 0.4) is 0 Å². The van der Waals surface area contributed by atoms with Crippen LogP contribution in [0.1, 0.15) is 82.0 Å². The molecule has 2 aliphatic rings. The summed E-state index contributed by atoms with van der Waals surface area (Å²) in [5, 5.41) is 4.13. The van der Waals surface area contributed by atoms with E-state index in [2.05, 4.69) is 119 Å². The van der Waals surface area contributed by atoms with E-state index in [1.807, 2.05) is 0 Å². The highest BCUT2D eigenvalue weighted by atomic mass is 32.2. The van der Waals surface area contributed by atoms with Crippen LogP contribution in [0.4, 0.5) is 0 Å². The van der Waals surface area contributed by atoms with Crippen LogP contribution in [0, 0.1) is 5.92 Å². The maximum absolute atomic E-state index is 2.61. The molecule has 0 N–H and O–H groups in total. The molecule has 3 aromatic rings. The van der Waals surface area contributed by atoms with E-state index >= 15 is 0 Å². The molecule has 2 aromatic carbocycles. The van der Waals surface area contributed by atoms with E-state index in [9.17, 15) is 0 Å². The molecule has 3 atom stereocenters. The topological polar surface area (TPSA) is 12.0 Å². The minimum absolute atomic E-state index is 0.393. The monoisotopic (exact) mass is 474 g/mol. The summed E-state index contributed by atoms with van der Waals surface area (Å²) >= 11 is 2.26. The summed E-state index contributed by atoms with van der Waals surface area (Å²) in [6, 6.07) is 22.9. The van der Waals surface area contributed by atoms with Gasteiger partial charge in [0, 0.05) is 10.5 Å². The summed E-state index contributed by atoms with van der Waals surface area (Å²) in [6.07, 6.45) is 16.3. The van der Waals surface area contributed by atoms with Crippen LogP contribution in [-0.4, -0.2) is 15.2 Å². The largest absolute Gasteiger partial charge is 0.267 e. The van der Waals surface area contributed by atoms with Gasteiger partial charge in [0.05, 0.1) is 12.1 Å². The Balaban J connectivity index is 1.38. The second kappa shape index (κ2) is 11.0. The minimum Gasteiger partial charge on any atom is -0.234 e. The number of thioether (sulfide) groups is 1. The highest BCUT2D eigenvalue weighted by Gasteiger charge is 2.39. The van der Waals surface area contributed by atoms with Crippen LogP contribution in [-0.2, 0) is 6.54 Å². The predicted octanol–water partition coefficient (Wildman–Crippen LogP) is 7.08. The molecular formula is C30H40N3S+. The minimum atomic E-state index is 0.393. The van der Waals surface area contributed by atoms with E-state index in [0.29, 0.717) is 23.3 Å². The van der Waals surface area contributed by atoms with Crippen molar-refractivity contribution in [2.45, 2.75) is 87.9 Å². The number of aromatic nitrogens is 2. The summed E-state index contributed by atoms with van der Waals surface area (Å²) in [7, 11) is 0. The Morgan fingerprint density at radius 2 is 1.41 bits per heavy atom. The van der Waals surface area contributed by atoms with Gasteiger partial charge in [-0.05, 0) is 42.7 Å². The Kier molecular flexibility index (Phi) is 7.63. The predicted molar refractivity (Wildman–Crippen MR) is 144 cm³/mol. The summed E-state index contributed by atoms with van der Waals surface area (Å²) in [5.41, 5.74) is 2.82. The Bertz CT molecular complexity index is 962. The molecule has 0 unspecified atom stereocenters. The van der Waals surface area contributed by atoms with Gasteiger partial charge in [0.15, 0.2) is 6.20 Å². The molecule has 2 fully saturated rings. The van der Waals surface area contributed by atoms with Crippen LogP contribution >= 0.6 is 11.8 Å². The molecular weight excluding hydrogens is 434 g/mol. The first-order chi connectivity index (χ1) is 16.7. The molecule has 0 radical (unpaired) electrons. The quantitative estimate of drug-likeness (QED) is 0.323. The molecule has 3 nitrogen and oxygen atoms in total. The third-order valence-corrected chi connectivity index (χ3v) is 9.62. The van der Waals surface area contributed by atoms with Crippen LogP contribution in [0.15, 0.2) is 79.4 Å². The fourth-order valence-corrected chi connectivity index (χ4v) is 7.48. The van der Waals surface area contributed by atoms with Gasteiger partial charge >= 0.3 is 0 Å². The SMILES string of the molecule is CC(C)[C@H](C[n+]1ccn(N2[C@H](c3ccccc3)CC[C@H]2c2ccccc2)c1)SC1CCCCC1. The van der Waals surface area contributed by atoms with Crippen molar-refractivity contribution < 1.29 is 4.57 Å². The first kappa shape index (κ1) is 23.5. The zero-order valence-electron chi connectivity index (χ0n) is 20.8. The molecule has 0 bridgehead atoms. The molecule has 0 amide bonds. The lowest BCUT2D eigenvalue weighted by molar-refractivity contribution is -0.696. The lowest BCUT2D eigenvalue weighted by Crippen LogP contribution is -2.42. The molecule has 1 saturated carbocycles. The second-order valence-electron chi connectivity index (χ2n) is 10.5. The van der Waals surface area contributed by atoms with Crippen molar-refractivity contribution in [3.63, 3.8) is 0 Å². The summed E-state index contributed by atoms with van der Waals surface area (Å²) in [5.74, 6) is 0.684. The van der Waals surface area contributed by atoms with Crippen molar-refractivity contribution in [1.29, 1.82) is 0 Å².